The first-order valence-corrected chi connectivity index (χ1v) is 9.03. The van der Waals surface area contributed by atoms with Crippen molar-refractivity contribution in [1.29, 1.82) is 0 Å². The normalized spacial score (nSPS) is 16.1. The molecule has 0 bridgehead atoms. The van der Waals surface area contributed by atoms with Crippen LogP contribution in [0.4, 0.5) is 4.39 Å². The molecule has 26 heavy (non-hydrogen) atoms. The van der Waals surface area contributed by atoms with E-state index in [9.17, 15) is 9.18 Å². The molecule has 0 saturated heterocycles. The van der Waals surface area contributed by atoms with Gasteiger partial charge in [-0.3, -0.25) is 4.79 Å². The number of carbonyl (C=O) groups excluding carboxylic acids is 1. The third-order valence-electron chi connectivity index (χ3n) is 5.26. The van der Waals surface area contributed by atoms with E-state index in [-0.39, 0.29) is 17.0 Å². The van der Waals surface area contributed by atoms with Crippen LogP contribution in [0.3, 0.4) is 0 Å². The highest BCUT2D eigenvalue weighted by molar-refractivity contribution is 5.97. The van der Waals surface area contributed by atoms with Gasteiger partial charge in [0.05, 0.1) is 7.11 Å². The average Bonchev–Trinajstić information content (AvgIpc) is 2.61. The Bertz CT molecular complexity index is 878. The molecule has 0 atom stereocenters. The predicted molar refractivity (Wildman–Crippen MR) is 104 cm³/mol. The Labute approximate surface area is 154 Å². The summed E-state index contributed by atoms with van der Waals surface area (Å²) in [5.74, 6) is 0.329. The van der Waals surface area contributed by atoms with Crippen LogP contribution in [0, 0.1) is 11.2 Å². The highest BCUT2D eigenvalue weighted by Crippen LogP contribution is 2.46. The molecule has 0 aliphatic heterocycles. The Morgan fingerprint density at radius 1 is 1.08 bits per heavy atom. The molecule has 0 fully saturated rings. The summed E-state index contributed by atoms with van der Waals surface area (Å²) in [6, 6.07) is 10.3. The lowest BCUT2D eigenvalue weighted by atomic mass is 9.71. The molecule has 0 heterocycles. The molecule has 1 aliphatic rings. The molecule has 2 aromatic rings. The molecule has 0 saturated carbocycles. The van der Waals surface area contributed by atoms with Crippen LogP contribution in [-0.4, -0.2) is 12.9 Å². The van der Waals surface area contributed by atoms with Crippen molar-refractivity contribution >= 4 is 11.4 Å². The first-order chi connectivity index (χ1) is 12.3. The minimum Gasteiger partial charge on any atom is -0.497 e. The smallest absolute Gasteiger partial charge is 0.159 e. The van der Waals surface area contributed by atoms with Gasteiger partial charge in [0.1, 0.15) is 11.6 Å². The molecule has 0 radical (unpaired) electrons. The topological polar surface area (TPSA) is 26.3 Å². The Morgan fingerprint density at radius 3 is 2.50 bits per heavy atom. The number of hydrogen-bond acceptors (Lipinski definition) is 2. The van der Waals surface area contributed by atoms with Gasteiger partial charge < -0.3 is 4.74 Å². The van der Waals surface area contributed by atoms with Gasteiger partial charge in [0.2, 0.25) is 0 Å². The van der Waals surface area contributed by atoms with Gasteiger partial charge in [0, 0.05) is 11.1 Å². The lowest BCUT2D eigenvalue weighted by Crippen LogP contribution is -2.18. The van der Waals surface area contributed by atoms with Gasteiger partial charge in [-0.2, -0.15) is 0 Å². The molecule has 136 valence electrons. The second kappa shape index (κ2) is 7.06. The van der Waals surface area contributed by atoms with Crippen molar-refractivity contribution in [1.82, 2.24) is 0 Å². The maximum atomic E-state index is 14.6. The van der Waals surface area contributed by atoms with Crippen LogP contribution in [-0.2, 0) is 0 Å². The van der Waals surface area contributed by atoms with Crippen molar-refractivity contribution in [2.75, 3.05) is 7.11 Å². The number of ketones is 1. The van der Waals surface area contributed by atoms with Gasteiger partial charge in [-0.1, -0.05) is 32.1 Å². The zero-order chi connectivity index (χ0) is 18.9. The van der Waals surface area contributed by atoms with Gasteiger partial charge in [-0.05, 0) is 72.6 Å². The molecule has 2 aromatic carbocycles. The van der Waals surface area contributed by atoms with Crippen molar-refractivity contribution < 1.29 is 13.9 Å². The molecule has 0 N–H and O–H groups in total. The molecule has 2 nitrogen and oxygen atoms in total. The van der Waals surface area contributed by atoms with Crippen molar-refractivity contribution in [3.63, 3.8) is 0 Å². The monoisotopic (exact) mass is 352 g/mol. The summed E-state index contributed by atoms with van der Waals surface area (Å²) < 4.78 is 19.9. The zero-order valence-electron chi connectivity index (χ0n) is 15.9. The predicted octanol–water partition coefficient (Wildman–Crippen LogP) is 6.30. The number of Topliss-reactive ketones (excluding diaryl/α,β-unsaturated/α-hetero) is 1. The van der Waals surface area contributed by atoms with Crippen LogP contribution in [0.5, 0.6) is 5.75 Å². The van der Waals surface area contributed by atoms with Crippen LogP contribution in [0.15, 0.2) is 42.5 Å². The number of benzene rings is 2. The fraction of sp³-hybridized carbons (Fsp3) is 0.348. The minimum absolute atomic E-state index is 0.0122. The summed E-state index contributed by atoms with van der Waals surface area (Å²) >= 11 is 0. The zero-order valence-corrected chi connectivity index (χ0v) is 15.9. The van der Waals surface area contributed by atoms with Gasteiger partial charge in [-0.15, -0.1) is 0 Å². The van der Waals surface area contributed by atoms with E-state index in [1.54, 1.807) is 32.2 Å². The molecule has 1 aliphatic carbocycles. The van der Waals surface area contributed by atoms with E-state index in [1.165, 1.54) is 11.6 Å². The molecule has 0 aromatic heterocycles. The maximum absolute atomic E-state index is 14.6. The lowest BCUT2D eigenvalue weighted by molar-refractivity contribution is 0.101. The summed E-state index contributed by atoms with van der Waals surface area (Å²) in [5.41, 5.74) is 4.05. The third-order valence-corrected chi connectivity index (χ3v) is 5.26. The number of methoxy groups -OCH3 is 1. The fourth-order valence-corrected chi connectivity index (χ4v) is 3.73. The SMILES string of the molecule is COc1ccc(F)c(-c2ccc(C(C)=O)cc2C2=CCCCC2(C)C)c1. The van der Waals surface area contributed by atoms with Gasteiger partial charge in [0.15, 0.2) is 5.78 Å². The van der Waals surface area contributed by atoms with Crippen molar-refractivity contribution in [2.24, 2.45) is 5.41 Å². The Morgan fingerprint density at radius 2 is 1.85 bits per heavy atom. The Balaban J connectivity index is 2.27. The summed E-state index contributed by atoms with van der Waals surface area (Å²) in [4.78, 5) is 11.9. The van der Waals surface area contributed by atoms with Gasteiger partial charge >= 0.3 is 0 Å². The molecule has 3 rings (SSSR count). The highest BCUT2D eigenvalue weighted by atomic mass is 19.1. The van der Waals surface area contributed by atoms with Gasteiger partial charge in [0.25, 0.3) is 0 Å². The van der Waals surface area contributed by atoms with Crippen molar-refractivity contribution in [2.45, 2.75) is 40.0 Å². The number of rotatable bonds is 4. The summed E-state index contributed by atoms with van der Waals surface area (Å²) in [6.45, 7) is 5.99. The lowest BCUT2D eigenvalue weighted by Gasteiger charge is -2.33. The third kappa shape index (κ3) is 3.44. The van der Waals surface area contributed by atoms with E-state index in [4.69, 9.17) is 4.74 Å². The number of hydrogen-bond donors (Lipinski definition) is 0. The fourth-order valence-electron chi connectivity index (χ4n) is 3.73. The van der Waals surface area contributed by atoms with Gasteiger partial charge in [-0.25, -0.2) is 4.39 Å². The van der Waals surface area contributed by atoms with E-state index in [0.29, 0.717) is 16.9 Å². The van der Waals surface area contributed by atoms with E-state index in [0.717, 1.165) is 30.4 Å². The highest BCUT2D eigenvalue weighted by Gasteiger charge is 2.29. The van der Waals surface area contributed by atoms with Crippen LogP contribution >= 0.6 is 0 Å². The second-order valence-corrected chi connectivity index (χ2v) is 7.56. The summed E-state index contributed by atoms with van der Waals surface area (Å²) in [6.07, 6.45) is 5.46. The second-order valence-electron chi connectivity index (χ2n) is 7.56. The van der Waals surface area contributed by atoms with Crippen LogP contribution < -0.4 is 4.74 Å². The van der Waals surface area contributed by atoms with E-state index >= 15 is 0 Å². The quantitative estimate of drug-likeness (QED) is 0.604. The number of allylic oxidation sites excluding steroid dienone is 2. The number of carbonyl (C=O) groups is 1. The standard InChI is InChI=1S/C23H25FO2/c1-15(25)16-8-10-18(20-14-17(26-4)9-11-22(20)24)19(13-16)21-7-5-6-12-23(21,2)3/h7-11,13-14H,5-6,12H2,1-4H3. The molecular formula is C23H25FO2. The van der Waals surface area contributed by atoms with E-state index < -0.39 is 0 Å². The van der Waals surface area contributed by atoms with E-state index in [2.05, 4.69) is 19.9 Å². The molecule has 3 heteroatoms. The summed E-state index contributed by atoms with van der Waals surface area (Å²) in [7, 11) is 1.57. The largest absolute Gasteiger partial charge is 0.497 e. The molecule has 0 spiro atoms. The average molecular weight is 352 g/mol. The Kier molecular flexibility index (Phi) is 4.99. The molecular weight excluding hydrogens is 327 g/mol. The number of halogens is 1. The first-order valence-electron chi connectivity index (χ1n) is 9.03. The molecule has 0 unspecified atom stereocenters. The van der Waals surface area contributed by atoms with E-state index in [1.807, 2.05) is 12.1 Å². The van der Waals surface area contributed by atoms with Crippen molar-refractivity contribution in [3.8, 4) is 16.9 Å². The summed E-state index contributed by atoms with van der Waals surface area (Å²) in [5, 5.41) is 0. The number of ether oxygens (including phenoxy) is 1. The van der Waals surface area contributed by atoms with Crippen LogP contribution in [0.1, 0.15) is 56.0 Å². The van der Waals surface area contributed by atoms with Crippen molar-refractivity contribution in [3.05, 3.63) is 59.4 Å². The van der Waals surface area contributed by atoms with Crippen LogP contribution in [0.25, 0.3) is 16.7 Å². The minimum atomic E-state index is -0.295. The van der Waals surface area contributed by atoms with Crippen LogP contribution in [0.2, 0.25) is 0 Å². The first kappa shape index (κ1) is 18.4. The Hall–Kier alpha value is -2.42. The molecule has 0 amide bonds. The maximum Gasteiger partial charge on any atom is 0.159 e.